The first-order valence-electron chi connectivity index (χ1n) is 6.94. The van der Waals surface area contributed by atoms with Gasteiger partial charge in [0, 0.05) is 5.69 Å². The van der Waals surface area contributed by atoms with Crippen LogP contribution in [-0.4, -0.2) is 10.9 Å². The smallest absolute Gasteiger partial charge is 0.278 e. The molecular weight excluding hydrogens is 280 g/mol. The molecule has 0 fully saturated rings. The number of carbonyl (C=O) groups is 1. The first kappa shape index (κ1) is 14.1. The van der Waals surface area contributed by atoms with Gasteiger partial charge in [-0.25, -0.2) is 4.98 Å². The molecule has 0 atom stereocenters. The Morgan fingerprint density at radius 1 is 1.14 bits per heavy atom. The Kier molecular flexibility index (Phi) is 3.55. The number of amides is 1. The third-order valence-corrected chi connectivity index (χ3v) is 3.60. The van der Waals surface area contributed by atoms with Crippen molar-refractivity contribution in [2.24, 2.45) is 0 Å². The second-order valence-corrected chi connectivity index (χ2v) is 5.14. The van der Waals surface area contributed by atoms with Crippen molar-refractivity contribution in [1.82, 2.24) is 4.98 Å². The van der Waals surface area contributed by atoms with Crippen molar-refractivity contribution in [1.29, 1.82) is 0 Å². The van der Waals surface area contributed by atoms with E-state index in [1.807, 2.05) is 45.0 Å². The third-order valence-electron chi connectivity index (χ3n) is 3.60. The highest BCUT2D eigenvalue weighted by Gasteiger charge is 2.21. The maximum atomic E-state index is 12.5. The molecule has 0 saturated carbocycles. The van der Waals surface area contributed by atoms with E-state index in [2.05, 4.69) is 10.3 Å². The molecule has 0 aliphatic heterocycles. The van der Waals surface area contributed by atoms with Crippen LogP contribution in [-0.2, 0) is 0 Å². The van der Waals surface area contributed by atoms with Crippen LogP contribution in [0.3, 0.4) is 0 Å². The topological polar surface area (TPSA) is 68.3 Å². The molecule has 0 bridgehead atoms. The van der Waals surface area contributed by atoms with Gasteiger partial charge in [-0.15, -0.1) is 0 Å². The highest BCUT2D eigenvalue weighted by atomic mass is 16.4. The first-order chi connectivity index (χ1) is 10.6. The molecule has 1 aromatic carbocycles. The number of anilines is 1. The van der Waals surface area contributed by atoms with Crippen molar-refractivity contribution >= 4 is 11.6 Å². The van der Waals surface area contributed by atoms with E-state index in [1.54, 1.807) is 6.07 Å². The summed E-state index contributed by atoms with van der Waals surface area (Å²) >= 11 is 0. The number of furan rings is 1. The van der Waals surface area contributed by atoms with Crippen molar-refractivity contribution in [3.63, 3.8) is 0 Å². The van der Waals surface area contributed by atoms with Gasteiger partial charge in [0.1, 0.15) is 5.76 Å². The Bertz CT molecular complexity index is 830. The summed E-state index contributed by atoms with van der Waals surface area (Å²) in [6, 6.07) is 9.32. The van der Waals surface area contributed by atoms with Gasteiger partial charge >= 0.3 is 0 Å². The normalized spacial score (nSPS) is 10.7. The standard InChI is InChI=1S/C17H16N2O3/c1-10-5-4-6-13(12(10)3)19-17(20)15-16(21-9-18-15)14-8-7-11(2)22-14/h4-9H,1-3H3,(H,19,20). The summed E-state index contributed by atoms with van der Waals surface area (Å²) in [6.07, 6.45) is 1.24. The van der Waals surface area contributed by atoms with Crippen LogP contribution in [0.1, 0.15) is 27.4 Å². The van der Waals surface area contributed by atoms with E-state index in [0.29, 0.717) is 11.5 Å². The molecule has 112 valence electrons. The van der Waals surface area contributed by atoms with Crippen LogP contribution in [0, 0.1) is 20.8 Å². The molecule has 0 unspecified atom stereocenters. The van der Waals surface area contributed by atoms with Crippen molar-refractivity contribution in [2.45, 2.75) is 20.8 Å². The van der Waals surface area contributed by atoms with Crippen LogP contribution in [0.5, 0.6) is 0 Å². The fourth-order valence-corrected chi connectivity index (χ4v) is 2.21. The first-order valence-corrected chi connectivity index (χ1v) is 6.94. The molecule has 5 nitrogen and oxygen atoms in total. The molecule has 1 amide bonds. The van der Waals surface area contributed by atoms with E-state index >= 15 is 0 Å². The van der Waals surface area contributed by atoms with E-state index in [-0.39, 0.29) is 11.6 Å². The second kappa shape index (κ2) is 5.52. The SMILES string of the molecule is Cc1ccc(-c2ocnc2C(=O)Nc2cccc(C)c2C)o1. The van der Waals surface area contributed by atoms with E-state index < -0.39 is 0 Å². The van der Waals surface area contributed by atoms with Crippen LogP contribution >= 0.6 is 0 Å². The number of benzene rings is 1. The average Bonchev–Trinajstić information content (AvgIpc) is 3.12. The number of nitrogens with one attached hydrogen (secondary N) is 1. The highest BCUT2D eigenvalue weighted by molar-refractivity contribution is 6.06. The number of aryl methyl sites for hydroxylation is 2. The highest BCUT2D eigenvalue weighted by Crippen LogP contribution is 2.26. The minimum atomic E-state index is -0.327. The van der Waals surface area contributed by atoms with Gasteiger partial charge in [0.2, 0.25) is 5.76 Å². The van der Waals surface area contributed by atoms with Gasteiger partial charge in [-0.1, -0.05) is 12.1 Å². The quantitative estimate of drug-likeness (QED) is 0.789. The molecule has 3 aromatic rings. The van der Waals surface area contributed by atoms with E-state index in [4.69, 9.17) is 8.83 Å². The number of hydrogen-bond donors (Lipinski definition) is 1. The fraction of sp³-hybridized carbons (Fsp3) is 0.176. The molecule has 0 spiro atoms. The van der Waals surface area contributed by atoms with Crippen LogP contribution in [0.25, 0.3) is 11.5 Å². The molecule has 1 N–H and O–H groups in total. The van der Waals surface area contributed by atoms with Gasteiger partial charge in [-0.05, 0) is 50.1 Å². The van der Waals surface area contributed by atoms with E-state index in [9.17, 15) is 4.79 Å². The minimum absolute atomic E-state index is 0.204. The monoisotopic (exact) mass is 296 g/mol. The molecular formula is C17H16N2O3. The van der Waals surface area contributed by atoms with Gasteiger partial charge < -0.3 is 14.2 Å². The van der Waals surface area contributed by atoms with Crippen LogP contribution in [0.15, 0.2) is 45.6 Å². The third kappa shape index (κ3) is 2.53. The Morgan fingerprint density at radius 3 is 2.68 bits per heavy atom. The molecule has 5 heteroatoms. The molecule has 0 aliphatic rings. The molecule has 2 aromatic heterocycles. The van der Waals surface area contributed by atoms with Gasteiger partial charge in [0.25, 0.3) is 5.91 Å². The van der Waals surface area contributed by atoms with Crippen molar-refractivity contribution in [3.05, 3.63) is 59.3 Å². The van der Waals surface area contributed by atoms with Crippen LogP contribution < -0.4 is 5.32 Å². The molecule has 3 rings (SSSR count). The zero-order chi connectivity index (χ0) is 15.7. The number of oxazole rings is 1. The number of rotatable bonds is 3. The predicted molar refractivity (Wildman–Crippen MR) is 82.8 cm³/mol. The number of aromatic nitrogens is 1. The van der Waals surface area contributed by atoms with Gasteiger partial charge in [-0.3, -0.25) is 4.79 Å². The van der Waals surface area contributed by atoms with Crippen molar-refractivity contribution in [3.8, 4) is 11.5 Å². The zero-order valence-electron chi connectivity index (χ0n) is 12.6. The van der Waals surface area contributed by atoms with Crippen molar-refractivity contribution in [2.75, 3.05) is 5.32 Å². The molecule has 22 heavy (non-hydrogen) atoms. The Balaban J connectivity index is 1.91. The Hall–Kier alpha value is -2.82. The van der Waals surface area contributed by atoms with E-state index in [1.165, 1.54) is 6.39 Å². The lowest BCUT2D eigenvalue weighted by Gasteiger charge is -2.09. The van der Waals surface area contributed by atoms with Crippen LogP contribution in [0.2, 0.25) is 0 Å². The lowest BCUT2D eigenvalue weighted by Crippen LogP contribution is -2.14. The van der Waals surface area contributed by atoms with Crippen LogP contribution in [0.4, 0.5) is 5.69 Å². The van der Waals surface area contributed by atoms with Gasteiger partial charge in [0.05, 0.1) is 0 Å². The molecule has 2 heterocycles. The molecule has 0 saturated heterocycles. The molecule has 0 aliphatic carbocycles. The van der Waals surface area contributed by atoms with Crippen molar-refractivity contribution < 1.29 is 13.6 Å². The maximum absolute atomic E-state index is 12.5. The minimum Gasteiger partial charge on any atom is -0.458 e. The summed E-state index contributed by atoms with van der Waals surface area (Å²) in [4.78, 5) is 16.5. The maximum Gasteiger partial charge on any atom is 0.278 e. The number of carbonyl (C=O) groups excluding carboxylic acids is 1. The lowest BCUT2D eigenvalue weighted by atomic mass is 10.1. The largest absolute Gasteiger partial charge is 0.458 e. The van der Waals surface area contributed by atoms with E-state index in [0.717, 1.165) is 22.6 Å². The number of nitrogens with zero attached hydrogens (tertiary/aromatic N) is 1. The lowest BCUT2D eigenvalue weighted by molar-refractivity contribution is 0.102. The summed E-state index contributed by atoms with van der Waals surface area (Å²) in [5, 5.41) is 2.87. The molecule has 0 radical (unpaired) electrons. The predicted octanol–water partition coefficient (Wildman–Crippen LogP) is 4.11. The zero-order valence-corrected chi connectivity index (χ0v) is 12.6. The van der Waals surface area contributed by atoms with Gasteiger partial charge in [-0.2, -0.15) is 0 Å². The summed E-state index contributed by atoms with van der Waals surface area (Å²) in [6.45, 7) is 5.79. The average molecular weight is 296 g/mol. The fourth-order valence-electron chi connectivity index (χ4n) is 2.21. The summed E-state index contributed by atoms with van der Waals surface area (Å²) in [5.74, 6) is 1.23. The van der Waals surface area contributed by atoms with Gasteiger partial charge in [0.15, 0.2) is 17.8 Å². The Labute approximate surface area is 128 Å². The summed E-state index contributed by atoms with van der Waals surface area (Å²) < 4.78 is 10.8. The number of hydrogen-bond acceptors (Lipinski definition) is 4. The Morgan fingerprint density at radius 2 is 1.95 bits per heavy atom. The summed E-state index contributed by atoms with van der Waals surface area (Å²) in [7, 11) is 0. The summed E-state index contributed by atoms with van der Waals surface area (Å²) in [5.41, 5.74) is 3.10. The second-order valence-electron chi connectivity index (χ2n) is 5.14.